The van der Waals surface area contributed by atoms with Gasteiger partial charge in [0.05, 0.1) is 11.5 Å². The van der Waals surface area contributed by atoms with Crippen LogP contribution in [0.4, 0.5) is 0 Å². The molecule has 168 valence electrons. The highest BCUT2D eigenvalue weighted by molar-refractivity contribution is 5.87. The molecule has 3 aromatic rings. The normalized spacial score (nSPS) is 22.1. The summed E-state index contributed by atoms with van der Waals surface area (Å²) < 4.78 is 0. The molecule has 0 spiro atoms. The Labute approximate surface area is 195 Å². The van der Waals surface area contributed by atoms with E-state index in [1.165, 1.54) is 0 Å². The van der Waals surface area contributed by atoms with Crippen LogP contribution in [-0.4, -0.2) is 54.3 Å². The predicted octanol–water partition coefficient (Wildman–Crippen LogP) is 3.26. The van der Waals surface area contributed by atoms with Gasteiger partial charge in [-0.2, -0.15) is 0 Å². The van der Waals surface area contributed by atoms with Crippen molar-refractivity contribution < 1.29 is 9.59 Å². The van der Waals surface area contributed by atoms with E-state index < -0.39 is 5.54 Å². The van der Waals surface area contributed by atoms with Crippen molar-refractivity contribution >= 4 is 11.8 Å². The maximum atomic E-state index is 13.6. The fraction of sp³-hybridized carbons (Fsp3) is 0.286. The molecule has 3 aromatic carbocycles. The van der Waals surface area contributed by atoms with Gasteiger partial charge in [0.25, 0.3) is 0 Å². The number of nitrogens with zero attached hydrogens (tertiary/aromatic N) is 2. The lowest BCUT2D eigenvalue weighted by Crippen LogP contribution is -2.42. The topological polar surface area (TPSA) is 52.4 Å². The fourth-order valence-electron chi connectivity index (χ4n) is 5.35. The summed E-state index contributed by atoms with van der Waals surface area (Å²) in [7, 11) is 1.66. The summed E-state index contributed by atoms with van der Waals surface area (Å²) in [4.78, 5) is 29.8. The van der Waals surface area contributed by atoms with Crippen LogP contribution in [0.5, 0.6) is 0 Å². The first-order chi connectivity index (χ1) is 16.2. The van der Waals surface area contributed by atoms with Gasteiger partial charge in [-0.1, -0.05) is 91.0 Å². The van der Waals surface area contributed by atoms with Gasteiger partial charge in [-0.25, -0.2) is 0 Å². The number of likely N-dealkylation sites (tertiary alicyclic amines) is 1. The molecule has 33 heavy (non-hydrogen) atoms. The molecule has 0 bridgehead atoms. The van der Waals surface area contributed by atoms with E-state index >= 15 is 0 Å². The maximum Gasteiger partial charge on any atom is 0.241 e. The molecule has 2 amide bonds. The molecule has 0 aromatic heterocycles. The van der Waals surface area contributed by atoms with Crippen molar-refractivity contribution in [2.75, 3.05) is 26.7 Å². The molecule has 0 saturated carbocycles. The van der Waals surface area contributed by atoms with Crippen LogP contribution in [0.1, 0.15) is 23.1 Å². The van der Waals surface area contributed by atoms with Crippen molar-refractivity contribution in [3.8, 4) is 0 Å². The fourth-order valence-corrected chi connectivity index (χ4v) is 5.35. The van der Waals surface area contributed by atoms with Gasteiger partial charge in [0.1, 0.15) is 6.04 Å². The lowest BCUT2D eigenvalue weighted by Gasteiger charge is -2.38. The van der Waals surface area contributed by atoms with Crippen LogP contribution >= 0.6 is 0 Å². The third-order valence-corrected chi connectivity index (χ3v) is 7.02. The Hall–Kier alpha value is -3.44. The zero-order valence-electron chi connectivity index (χ0n) is 18.9. The first-order valence-corrected chi connectivity index (χ1v) is 11.6. The summed E-state index contributed by atoms with van der Waals surface area (Å²) >= 11 is 0. The standard InChI is InChI=1S/C28H29N3O2/c1-29-26(32)21-17-18-30(19-21)27(33)25-20-31(25)28(22-11-5-2-6-12-22,23-13-7-3-8-14-23)24-15-9-4-10-16-24/h2-16,21,25H,17-20H2,1H3,(H,29,32)/t21?,25?,31-/m1/s1. The van der Waals surface area contributed by atoms with E-state index in [9.17, 15) is 9.59 Å². The van der Waals surface area contributed by atoms with Gasteiger partial charge in [0.15, 0.2) is 0 Å². The molecule has 2 saturated heterocycles. The van der Waals surface area contributed by atoms with E-state index in [-0.39, 0.29) is 23.8 Å². The van der Waals surface area contributed by atoms with E-state index in [1.54, 1.807) is 7.05 Å². The monoisotopic (exact) mass is 439 g/mol. The second kappa shape index (κ2) is 8.83. The summed E-state index contributed by atoms with van der Waals surface area (Å²) in [6, 6.07) is 31.1. The largest absolute Gasteiger partial charge is 0.359 e. The Morgan fingerprint density at radius 1 is 0.788 bits per heavy atom. The Bertz CT molecular complexity index is 1020. The van der Waals surface area contributed by atoms with Crippen LogP contribution in [-0.2, 0) is 15.1 Å². The van der Waals surface area contributed by atoms with Gasteiger partial charge >= 0.3 is 0 Å². The Morgan fingerprint density at radius 2 is 1.27 bits per heavy atom. The number of hydrogen-bond donors (Lipinski definition) is 1. The highest BCUT2D eigenvalue weighted by atomic mass is 16.2. The Kier molecular flexibility index (Phi) is 5.73. The van der Waals surface area contributed by atoms with E-state index in [1.807, 2.05) is 23.1 Å². The molecule has 0 aliphatic carbocycles. The lowest BCUT2D eigenvalue weighted by atomic mass is 9.76. The summed E-state index contributed by atoms with van der Waals surface area (Å²) in [5, 5.41) is 2.72. The molecule has 2 aliphatic rings. The van der Waals surface area contributed by atoms with E-state index in [4.69, 9.17) is 0 Å². The van der Waals surface area contributed by atoms with E-state index in [2.05, 4.69) is 83.0 Å². The van der Waals surface area contributed by atoms with Crippen molar-refractivity contribution in [3.05, 3.63) is 108 Å². The highest BCUT2D eigenvalue weighted by Gasteiger charge is 2.57. The number of carbonyl (C=O) groups is 2. The Balaban J connectivity index is 1.54. The van der Waals surface area contributed by atoms with Crippen LogP contribution < -0.4 is 5.32 Å². The molecular weight excluding hydrogens is 410 g/mol. The average molecular weight is 440 g/mol. The van der Waals surface area contributed by atoms with Crippen molar-refractivity contribution in [2.45, 2.75) is 18.0 Å². The van der Waals surface area contributed by atoms with Crippen LogP contribution in [0, 0.1) is 5.92 Å². The minimum atomic E-state index is -0.565. The van der Waals surface area contributed by atoms with Crippen molar-refractivity contribution in [1.82, 2.24) is 15.1 Å². The van der Waals surface area contributed by atoms with E-state index in [0.29, 0.717) is 19.6 Å². The number of rotatable bonds is 6. The van der Waals surface area contributed by atoms with Crippen molar-refractivity contribution in [3.63, 3.8) is 0 Å². The van der Waals surface area contributed by atoms with Gasteiger partial charge in [-0.3, -0.25) is 14.5 Å². The number of nitrogens with one attached hydrogen (secondary N) is 1. The van der Waals surface area contributed by atoms with Crippen LogP contribution in [0.3, 0.4) is 0 Å². The quantitative estimate of drug-likeness (QED) is 0.474. The predicted molar refractivity (Wildman–Crippen MR) is 128 cm³/mol. The van der Waals surface area contributed by atoms with Gasteiger partial charge in [0, 0.05) is 26.7 Å². The molecule has 2 heterocycles. The van der Waals surface area contributed by atoms with Crippen molar-refractivity contribution in [1.29, 1.82) is 0 Å². The summed E-state index contributed by atoms with van der Waals surface area (Å²) in [5.41, 5.74) is 2.86. The van der Waals surface area contributed by atoms with Crippen LogP contribution in [0.15, 0.2) is 91.0 Å². The van der Waals surface area contributed by atoms with Gasteiger partial charge in [0.2, 0.25) is 11.8 Å². The SMILES string of the molecule is CNC(=O)C1CCN(C(=O)C2C[N@@]2C(c2ccccc2)(c2ccccc2)c2ccccc2)C1. The molecular formula is C28H29N3O2. The lowest BCUT2D eigenvalue weighted by molar-refractivity contribution is -0.131. The third-order valence-electron chi connectivity index (χ3n) is 7.02. The minimum absolute atomic E-state index is 0.0187. The summed E-state index contributed by atoms with van der Waals surface area (Å²) in [6.07, 6.45) is 0.722. The summed E-state index contributed by atoms with van der Waals surface area (Å²) in [6.45, 7) is 1.81. The number of hydrogen-bond acceptors (Lipinski definition) is 3. The molecule has 3 atom stereocenters. The van der Waals surface area contributed by atoms with E-state index in [0.717, 1.165) is 23.1 Å². The molecule has 5 rings (SSSR count). The second-order valence-electron chi connectivity index (χ2n) is 8.86. The molecule has 2 unspecified atom stereocenters. The zero-order chi connectivity index (χ0) is 22.8. The zero-order valence-corrected chi connectivity index (χ0v) is 18.9. The molecule has 5 nitrogen and oxygen atoms in total. The third kappa shape index (κ3) is 3.72. The number of amides is 2. The second-order valence-corrected chi connectivity index (χ2v) is 8.86. The van der Waals surface area contributed by atoms with Gasteiger partial charge in [-0.05, 0) is 23.1 Å². The minimum Gasteiger partial charge on any atom is -0.359 e. The summed E-state index contributed by atoms with van der Waals surface area (Å²) in [5.74, 6) is 0.0204. The molecule has 5 heteroatoms. The van der Waals surface area contributed by atoms with Gasteiger partial charge in [-0.15, -0.1) is 0 Å². The van der Waals surface area contributed by atoms with Crippen molar-refractivity contribution in [2.24, 2.45) is 5.92 Å². The number of carbonyl (C=O) groups excluding carboxylic acids is 2. The first-order valence-electron chi connectivity index (χ1n) is 11.6. The first kappa shape index (κ1) is 21.4. The van der Waals surface area contributed by atoms with Gasteiger partial charge < -0.3 is 10.2 Å². The molecule has 2 aliphatic heterocycles. The average Bonchev–Trinajstić information content (AvgIpc) is 3.52. The maximum absolute atomic E-state index is 13.6. The smallest absolute Gasteiger partial charge is 0.241 e. The number of benzene rings is 3. The molecule has 2 fully saturated rings. The molecule has 1 N–H and O–H groups in total. The molecule has 0 radical (unpaired) electrons. The Morgan fingerprint density at radius 3 is 1.73 bits per heavy atom. The van der Waals surface area contributed by atoms with Crippen LogP contribution in [0.2, 0.25) is 0 Å². The highest BCUT2D eigenvalue weighted by Crippen LogP contribution is 2.48. The van der Waals surface area contributed by atoms with Crippen LogP contribution in [0.25, 0.3) is 0 Å².